The number of carbonyl (C=O) groups excluding carboxylic acids is 3. The number of unbranched alkanes of at least 4 members (excludes halogenated alkanes) is 21. The van der Waals surface area contributed by atoms with E-state index in [9.17, 15) is 14.4 Å². The largest absolute Gasteiger partial charge is 0.462 e. The molecule has 0 aliphatic heterocycles. The van der Waals surface area contributed by atoms with Gasteiger partial charge in [-0.3, -0.25) is 14.4 Å². The minimum absolute atomic E-state index is 0.0665. The Morgan fingerprint density at radius 2 is 0.776 bits per heavy atom. The van der Waals surface area contributed by atoms with E-state index in [0.717, 1.165) is 69.6 Å². The summed E-state index contributed by atoms with van der Waals surface area (Å²) in [5, 5.41) is 0. The summed E-state index contributed by atoms with van der Waals surface area (Å²) in [4.78, 5) is 37.5. The van der Waals surface area contributed by atoms with E-state index >= 15 is 0 Å². The molecule has 0 saturated carbocycles. The minimum atomic E-state index is -0.760. The molecule has 0 spiro atoms. The van der Waals surface area contributed by atoms with E-state index in [1.807, 2.05) is 0 Å². The van der Waals surface area contributed by atoms with E-state index in [4.69, 9.17) is 14.2 Å². The van der Waals surface area contributed by atoms with Crippen LogP contribution in [0.5, 0.6) is 0 Å². The molecule has 0 aromatic rings. The van der Waals surface area contributed by atoms with Gasteiger partial charge in [-0.05, 0) is 31.1 Å². The van der Waals surface area contributed by atoms with E-state index in [1.54, 1.807) is 0 Å². The molecule has 0 N–H and O–H groups in total. The third-order valence-electron chi connectivity index (χ3n) is 9.83. The topological polar surface area (TPSA) is 78.9 Å². The van der Waals surface area contributed by atoms with Crippen LogP contribution in [0.3, 0.4) is 0 Å². The van der Waals surface area contributed by atoms with Gasteiger partial charge in [-0.15, -0.1) is 0 Å². The molecular weight excluding hydrogens is 612 g/mol. The highest BCUT2D eigenvalue weighted by atomic mass is 16.6. The van der Waals surface area contributed by atoms with E-state index in [1.165, 1.54) is 116 Å². The van der Waals surface area contributed by atoms with Gasteiger partial charge in [0.1, 0.15) is 13.2 Å². The fourth-order valence-electron chi connectivity index (χ4n) is 6.19. The van der Waals surface area contributed by atoms with Gasteiger partial charge in [-0.25, -0.2) is 0 Å². The van der Waals surface area contributed by atoms with Crippen LogP contribution >= 0.6 is 0 Å². The van der Waals surface area contributed by atoms with Crippen molar-refractivity contribution in [3.05, 3.63) is 0 Å². The van der Waals surface area contributed by atoms with E-state index in [2.05, 4.69) is 34.6 Å². The molecule has 0 heterocycles. The Kier molecular flexibility index (Phi) is 35.0. The molecule has 0 aromatic heterocycles. The molecule has 49 heavy (non-hydrogen) atoms. The van der Waals surface area contributed by atoms with Crippen molar-refractivity contribution in [1.82, 2.24) is 0 Å². The average Bonchev–Trinajstić information content (AvgIpc) is 3.08. The number of rotatable bonds is 37. The van der Waals surface area contributed by atoms with Crippen LogP contribution in [0.25, 0.3) is 0 Å². The number of hydrogen-bond donors (Lipinski definition) is 0. The molecule has 0 fully saturated rings. The maximum absolute atomic E-state index is 12.6. The maximum Gasteiger partial charge on any atom is 0.306 e. The van der Waals surface area contributed by atoms with Crippen molar-refractivity contribution in [3.8, 4) is 0 Å². The van der Waals surface area contributed by atoms with Gasteiger partial charge in [0.2, 0.25) is 0 Å². The van der Waals surface area contributed by atoms with Gasteiger partial charge in [0.05, 0.1) is 0 Å². The van der Waals surface area contributed by atoms with Crippen LogP contribution in [0, 0.1) is 11.8 Å². The van der Waals surface area contributed by atoms with Gasteiger partial charge in [-0.1, -0.05) is 189 Å². The summed E-state index contributed by atoms with van der Waals surface area (Å²) in [6.45, 7) is 11.2. The molecule has 2 atom stereocenters. The Labute approximate surface area is 304 Å². The van der Waals surface area contributed by atoms with Crippen LogP contribution in [0.15, 0.2) is 0 Å². The van der Waals surface area contributed by atoms with Crippen molar-refractivity contribution in [2.75, 3.05) is 13.2 Å². The van der Waals surface area contributed by atoms with Crippen LogP contribution in [0.1, 0.15) is 227 Å². The Morgan fingerprint density at radius 3 is 1.16 bits per heavy atom. The quantitative estimate of drug-likeness (QED) is 0.0366. The van der Waals surface area contributed by atoms with Crippen molar-refractivity contribution in [2.24, 2.45) is 11.8 Å². The third-order valence-corrected chi connectivity index (χ3v) is 9.83. The Balaban J connectivity index is 4.36. The molecule has 0 aromatic carbocycles. The van der Waals surface area contributed by atoms with E-state index in [0.29, 0.717) is 19.3 Å². The fourth-order valence-corrected chi connectivity index (χ4v) is 6.19. The number of carbonyl (C=O) groups is 3. The molecule has 0 aliphatic rings. The predicted octanol–water partition coefficient (Wildman–Crippen LogP) is 13.0. The van der Waals surface area contributed by atoms with Crippen LogP contribution in [-0.2, 0) is 28.6 Å². The van der Waals surface area contributed by atoms with Crippen molar-refractivity contribution in [1.29, 1.82) is 0 Å². The zero-order valence-corrected chi connectivity index (χ0v) is 33.3. The van der Waals surface area contributed by atoms with Crippen LogP contribution in [-0.4, -0.2) is 37.2 Å². The zero-order chi connectivity index (χ0) is 36.2. The monoisotopic (exact) mass is 695 g/mol. The second-order valence-corrected chi connectivity index (χ2v) is 15.3. The summed E-state index contributed by atoms with van der Waals surface area (Å²) in [5.41, 5.74) is 0. The normalized spacial score (nSPS) is 12.6. The second kappa shape index (κ2) is 36.2. The SMILES string of the molecule is CCCCCCCCCCCCC(=O)OC[C@H](COC(=O)CCCCCCCCCCC(C)C)OC(=O)CCCCCCCCC(C)CC. The first-order chi connectivity index (χ1) is 23.8. The van der Waals surface area contributed by atoms with Crippen molar-refractivity contribution >= 4 is 17.9 Å². The molecule has 6 nitrogen and oxygen atoms in total. The highest BCUT2D eigenvalue weighted by Crippen LogP contribution is 2.16. The van der Waals surface area contributed by atoms with Gasteiger partial charge >= 0.3 is 17.9 Å². The molecule has 6 heteroatoms. The van der Waals surface area contributed by atoms with Crippen LogP contribution < -0.4 is 0 Å². The van der Waals surface area contributed by atoms with Gasteiger partial charge in [0, 0.05) is 19.3 Å². The highest BCUT2D eigenvalue weighted by Gasteiger charge is 2.19. The van der Waals surface area contributed by atoms with Gasteiger partial charge in [-0.2, -0.15) is 0 Å². The molecule has 290 valence electrons. The fraction of sp³-hybridized carbons (Fsp3) is 0.930. The van der Waals surface area contributed by atoms with Crippen molar-refractivity contribution < 1.29 is 28.6 Å². The lowest BCUT2D eigenvalue weighted by atomic mass is 10.00. The Hall–Kier alpha value is -1.59. The molecule has 0 rings (SSSR count). The molecule has 1 unspecified atom stereocenters. The summed E-state index contributed by atoms with van der Waals surface area (Å²) < 4.78 is 16.6. The number of ether oxygens (including phenoxy) is 3. The molecular formula is C43H82O6. The van der Waals surface area contributed by atoms with Gasteiger partial charge in [0.15, 0.2) is 6.10 Å². The molecule has 0 amide bonds. The van der Waals surface area contributed by atoms with E-state index < -0.39 is 6.10 Å². The molecule has 0 saturated heterocycles. The summed E-state index contributed by atoms with van der Waals surface area (Å²) in [6, 6.07) is 0. The first-order valence-electron chi connectivity index (χ1n) is 21.3. The van der Waals surface area contributed by atoms with Crippen LogP contribution in [0.2, 0.25) is 0 Å². The average molecular weight is 695 g/mol. The maximum atomic E-state index is 12.6. The van der Waals surface area contributed by atoms with Crippen LogP contribution in [0.4, 0.5) is 0 Å². The zero-order valence-electron chi connectivity index (χ0n) is 33.3. The second-order valence-electron chi connectivity index (χ2n) is 15.3. The lowest BCUT2D eigenvalue weighted by Gasteiger charge is -2.18. The summed E-state index contributed by atoms with van der Waals surface area (Å²) in [6.07, 6.45) is 32.3. The lowest BCUT2D eigenvalue weighted by molar-refractivity contribution is -0.167. The summed E-state index contributed by atoms with van der Waals surface area (Å²) in [7, 11) is 0. The summed E-state index contributed by atoms with van der Waals surface area (Å²) >= 11 is 0. The van der Waals surface area contributed by atoms with E-state index in [-0.39, 0.29) is 31.1 Å². The smallest absolute Gasteiger partial charge is 0.306 e. The highest BCUT2D eigenvalue weighted by molar-refractivity contribution is 5.71. The number of hydrogen-bond acceptors (Lipinski definition) is 6. The first-order valence-corrected chi connectivity index (χ1v) is 21.3. The molecule has 0 radical (unpaired) electrons. The predicted molar refractivity (Wildman–Crippen MR) is 206 cm³/mol. The lowest BCUT2D eigenvalue weighted by Crippen LogP contribution is -2.30. The standard InChI is InChI=1S/C43H82O6/c1-6-8-9-10-11-12-13-17-23-28-33-41(44)47-36-40(49-43(46)35-30-25-20-19-22-27-32-39(5)7-2)37-48-42(45)34-29-24-18-15-14-16-21-26-31-38(3)4/h38-40H,6-37H2,1-5H3/t39?,40-/m1/s1. The summed E-state index contributed by atoms with van der Waals surface area (Å²) in [5.74, 6) is 0.739. The van der Waals surface area contributed by atoms with Crippen molar-refractivity contribution in [3.63, 3.8) is 0 Å². The molecule has 0 bridgehead atoms. The Morgan fingerprint density at radius 1 is 0.429 bits per heavy atom. The third kappa shape index (κ3) is 36.0. The van der Waals surface area contributed by atoms with Gasteiger partial charge < -0.3 is 14.2 Å². The first kappa shape index (κ1) is 47.4. The number of esters is 3. The molecule has 0 aliphatic carbocycles. The van der Waals surface area contributed by atoms with Gasteiger partial charge in [0.25, 0.3) is 0 Å². The van der Waals surface area contributed by atoms with Crippen molar-refractivity contribution in [2.45, 2.75) is 233 Å². The Bertz CT molecular complexity index is 751. The minimum Gasteiger partial charge on any atom is -0.462 e.